The zero-order chi connectivity index (χ0) is 13.1. The van der Waals surface area contributed by atoms with E-state index in [-0.39, 0.29) is 12.0 Å². The lowest BCUT2D eigenvalue weighted by molar-refractivity contribution is -0.140. The molecule has 92 valence electrons. The third-order valence-corrected chi connectivity index (χ3v) is 1.90. The van der Waals surface area contributed by atoms with Gasteiger partial charge in [0.05, 0.1) is 12.0 Å². The first kappa shape index (κ1) is 13.2. The Morgan fingerprint density at radius 1 is 1.35 bits per heavy atom. The number of alkyl halides is 3. The second-order valence-electron chi connectivity index (χ2n) is 3.24. The van der Waals surface area contributed by atoms with Gasteiger partial charge in [0, 0.05) is 0 Å². The maximum atomic E-state index is 13.1. The van der Waals surface area contributed by atoms with Crippen LogP contribution < -0.4 is 0 Å². The molecule has 0 aliphatic carbocycles. The van der Waals surface area contributed by atoms with Gasteiger partial charge in [-0.2, -0.15) is 13.2 Å². The molecule has 6 heteroatoms. The Bertz CT molecular complexity index is 449. The minimum absolute atomic E-state index is 0.178. The number of rotatable bonds is 3. The standard InChI is InChI=1S/C11H8F4O2/c12-9-6-7(2-1-3-10(16)17)4-5-8(9)11(13,14)15/h1-2,4-6H,3H2,(H,16,17). The van der Waals surface area contributed by atoms with Gasteiger partial charge in [-0.25, -0.2) is 4.39 Å². The van der Waals surface area contributed by atoms with Gasteiger partial charge in [0.2, 0.25) is 0 Å². The van der Waals surface area contributed by atoms with Crippen molar-refractivity contribution in [1.82, 2.24) is 0 Å². The summed E-state index contributed by atoms with van der Waals surface area (Å²) in [4.78, 5) is 10.2. The molecule has 1 aromatic rings. The highest BCUT2D eigenvalue weighted by molar-refractivity contribution is 5.70. The first-order valence-corrected chi connectivity index (χ1v) is 4.56. The van der Waals surface area contributed by atoms with Crippen molar-refractivity contribution in [2.75, 3.05) is 0 Å². The van der Waals surface area contributed by atoms with Gasteiger partial charge in [-0.05, 0) is 17.7 Å². The number of hydrogen-bond donors (Lipinski definition) is 1. The van der Waals surface area contributed by atoms with E-state index in [1.165, 1.54) is 12.2 Å². The Balaban J connectivity index is 2.90. The zero-order valence-corrected chi connectivity index (χ0v) is 8.46. The van der Waals surface area contributed by atoms with Crippen molar-refractivity contribution in [3.8, 4) is 0 Å². The number of benzene rings is 1. The summed E-state index contributed by atoms with van der Waals surface area (Å²) in [7, 11) is 0. The molecule has 0 atom stereocenters. The van der Waals surface area contributed by atoms with Crippen LogP contribution in [0.2, 0.25) is 0 Å². The topological polar surface area (TPSA) is 37.3 Å². The molecular formula is C11H8F4O2. The molecule has 0 aliphatic rings. The SMILES string of the molecule is O=C(O)CC=Cc1ccc(C(F)(F)F)c(F)c1. The van der Waals surface area contributed by atoms with Gasteiger partial charge in [-0.15, -0.1) is 0 Å². The van der Waals surface area contributed by atoms with Crippen LogP contribution in [0.25, 0.3) is 6.08 Å². The number of hydrogen-bond acceptors (Lipinski definition) is 1. The van der Waals surface area contributed by atoms with E-state index in [4.69, 9.17) is 5.11 Å². The van der Waals surface area contributed by atoms with Crippen LogP contribution in [0.3, 0.4) is 0 Å². The Labute approximate surface area is 94.2 Å². The zero-order valence-electron chi connectivity index (χ0n) is 8.46. The Kier molecular flexibility index (Phi) is 3.88. The highest BCUT2D eigenvalue weighted by Crippen LogP contribution is 2.31. The molecule has 0 aliphatic heterocycles. The molecule has 0 bridgehead atoms. The number of carbonyl (C=O) groups is 1. The maximum Gasteiger partial charge on any atom is 0.419 e. The Morgan fingerprint density at radius 2 is 2.00 bits per heavy atom. The third-order valence-electron chi connectivity index (χ3n) is 1.90. The van der Waals surface area contributed by atoms with Crippen molar-refractivity contribution in [1.29, 1.82) is 0 Å². The molecule has 1 aromatic carbocycles. The fourth-order valence-corrected chi connectivity index (χ4v) is 1.16. The van der Waals surface area contributed by atoms with Gasteiger partial charge < -0.3 is 5.11 Å². The maximum absolute atomic E-state index is 13.1. The molecule has 0 saturated carbocycles. The van der Waals surface area contributed by atoms with Crippen LogP contribution >= 0.6 is 0 Å². The minimum Gasteiger partial charge on any atom is -0.481 e. The van der Waals surface area contributed by atoms with E-state index in [1.54, 1.807) is 0 Å². The molecule has 0 aromatic heterocycles. The highest BCUT2D eigenvalue weighted by atomic mass is 19.4. The number of carboxylic acid groups (broad SMARTS) is 1. The molecule has 0 saturated heterocycles. The minimum atomic E-state index is -4.73. The molecule has 2 nitrogen and oxygen atoms in total. The van der Waals surface area contributed by atoms with Crippen molar-refractivity contribution in [3.63, 3.8) is 0 Å². The van der Waals surface area contributed by atoms with Crippen molar-refractivity contribution < 1.29 is 27.5 Å². The summed E-state index contributed by atoms with van der Waals surface area (Å²) < 4.78 is 49.7. The lowest BCUT2D eigenvalue weighted by atomic mass is 10.1. The largest absolute Gasteiger partial charge is 0.481 e. The summed E-state index contributed by atoms with van der Waals surface area (Å²) in [5, 5.41) is 8.32. The van der Waals surface area contributed by atoms with Gasteiger partial charge in [-0.3, -0.25) is 4.79 Å². The van der Waals surface area contributed by atoms with E-state index in [2.05, 4.69) is 0 Å². The summed E-state index contributed by atoms with van der Waals surface area (Å²) in [6.07, 6.45) is -2.53. The van der Waals surface area contributed by atoms with Crippen LogP contribution in [-0.2, 0) is 11.0 Å². The first-order chi connectivity index (χ1) is 7.80. The normalized spacial score (nSPS) is 12.0. The van der Waals surface area contributed by atoms with E-state index in [0.29, 0.717) is 12.1 Å². The fourth-order valence-electron chi connectivity index (χ4n) is 1.16. The van der Waals surface area contributed by atoms with E-state index in [9.17, 15) is 22.4 Å². The molecule has 0 fully saturated rings. The van der Waals surface area contributed by atoms with E-state index < -0.39 is 23.5 Å². The van der Waals surface area contributed by atoms with E-state index in [0.717, 1.165) is 6.07 Å². The average Bonchev–Trinajstić information content (AvgIpc) is 2.14. The summed E-state index contributed by atoms with van der Waals surface area (Å²) in [5.74, 6) is -2.45. The molecular weight excluding hydrogens is 240 g/mol. The molecule has 0 amide bonds. The molecule has 0 spiro atoms. The molecule has 17 heavy (non-hydrogen) atoms. The quantitative estimate of drug-likeness (QED) is 0.833. The molecule has 0 heterocycles. The van der Waals surface area contributed by atoms with Crippen molar-refractivity contribution in [3.05, 3.63) is 41.2 Å². The van der Waals surface area contributed by atoms with Crippen molar-refractivity contribution in [2.45, 2.75) is 12.6 Å². The van der Waals surface area contributed by atoms with Crippen LogP contribution in [0.1, 0.15) is 17.5 Å². The number of carboxylic acids is 1. The van der Waals surface area contributed by atoms with Gasteiger partial charge in [-0.1, -0.05) is 18.2 Å². The monoisotopic (exact) mass is 248 g/mol. The first-order valence-electron chi connectivity index (χ1n) is 4.56. The van der Waals surface area contributed by atoms with Crippen LogP contribution in [0.15, 0.2) is 24.3 Å². The number of halogens is 4. The Hall–Kier alpha value is -1.85. The molecule has 1 rings (SSSR count). The van der Waals surface area contributed by atoms with Crippen molar-refractivity contribution in [2.24, 2.45) is 0 Å². The lowest BCUT2D eigenvalue weighted by Crippen LogP contribution is -2.07. The lowest BCUT2D eigenvalue weighted by Gasteiger charge is -2.07. The summed E-state index contributed by atoms with van der Waals surface area (Å²) in [6, 6.07) is 2.40. The van der Waals surface area contributed by atoms with E-state index in [1.807, 2.05) is 0 Å². The summed E-state index contributed by atoms with van der Waals surface area (Å²) in [6.45, 7) is 0. The van der Waals surface area contributed by atoms with Crippen LogP contribution in [0.5, 0.6) is 0 Å². The van der Waals surface area contributed by atoms with Gasteiger partial charge in [0.25, 0.3) is 0 Å². The van der Waals surface area contributed by atoms with Crippen LogP contribution in [0, 0.1) is 5.82 Å². The van der Waals surface area contributed by atoms with Gasteiger partial charge in [0.1, 0.15) is 5.82 Å². The second kappa shape index (κ2) is 4.99. The predicted molar refractivity (Wildman–Crippen MR) is 52.7 cm³/mol. The van der Waals surface area contributed by atoms with Gasteiger partial charge in [0.15, 0.2) is 0 Å². The summed E-state index contributed by atoms with van der Waals surface area (Å²) >= 11 is 0. The summed E-state index contributed by atoms with van der Waals surface area (Å²) in [5.41, 5.74) is -1.16. The van der Waals surface area contributed by atoms with Gasteiger partial charge >= 0.3 is 12.1 Å². The second-order valence-corrected chi connectivity index (χ2v) is 3.24. The van der Waals surface area contributed by atoms with Crippen LogP contribution in [-0.4, -0.2) is 11.1 Å². The molecule has 0 radical (unpaired) electrons. The average molecular weight is 248 g/mol. The number of aliphatic carboxylic acids is 1. The molecule has 1 N–H and O–H groups in total. The molecule has 0 unspecified atom stereocenters. The van der Waals surface area contributed by atoms with Crippen molar-refractivity contribution >= 4 is 12.0 Å². The van der Waals surface area contributed by atoms with Crippen LogP contribution in [0.4, 0.5) is 17.6 Å². The smallest absolute Gasteiger partial charge is 0.419 e. The Morgan fingerprint density at radius 3 is 2.47 bits per heavy atom. The fraction of sp³-hybridized carbons (Fsp3) is 0.182. The third kappa shape index (κ3) is 3.90. The van der Waals surface area contributed by atoms with E-state index >= 15 is 0 Å². The predicted octanol–water partition coefficient (Wildman–Crippen LogP) is 3.33. The highest BCUT2D eigenvalue weighted by Gasteiger charge is 2.33.